The number of rotatable bonds is 15. The Morgan fingerprint density at radius 1 is 0.800 bits per heavy atom. The number of aromatic amines is 2. The van der Waals surface area contributed by atoms with Crippen molar-refractivity contribution in [2.24, 2.45) is 5.73 Å². The summed E-state index contributed by atoms with van der Waals surface area (Å²) in [6.07, 6.45) is 30.7. The third-order valence-corrected chi connectivity index (χ3v) is 9.59. The lowest BCUT2D eigenvalue weighted by Gasteiger charge is -2.25. The lowest BCUT2D eigenvalue weighted by atomic mass is 9.92. The van der Waals surface area contributed by atoms with Crippen LogP contribution < -0.4 is 15.8 Å². The van der Waals surface area contributed by atoms with Crippen molar-refractivity contribution >= 4 is 21.8 Å². The van der Waals surface area contributed by atoms with Gasteiger partial charge in [-0.25, -0.2) is 9.97 Å². The van der Waals surface area contributed by atoms with Gasteiger partial charge in [-0.05, 0) is 98.4 Å². The maximum atomic E-state index is 6.36. The minimum atomic E-state index is 0. The molecule has 75 heavy (non-hydrogen) atoms. The highest BCUT2D eigenvalue weighted by Crippen LogP contribution is 2.42. The average Bonchev–Trinajstić information content (AvgIpc) is 4.12. The Morgan fingerprint density at radius 3 is 1.80 bits per heavy atom. The molecule has 3 aromatic carbocycles. The fraction of sp³-hybridized carbons (Fsp3) is 0.424. The molecule has 0 amide bonds. The van der Waals surface area contributed by atoms with E-state index < -0.39 is 0 Å². The molecular formula is C66H112N8O. The molecule has 0 spiro atoms. The minimum absolute atomic E-state index is 0. The Bertz CT molecular complexity index is 2130. The molecule has 0 radical (unpaired) electrons. The lowest BCUT2D eigenvalue weighted by Crippen LogP contribution is -2.28. The number of terminal acetylenes is 2. The summed E-state index contributed by atoms with van der Waals surface area (Å²) >= 11 is 0. The molecule has 1 atom stereocenters. The van der Waals surface area contributed by atoms with E-state index in [9.17, 15) is 0 Å². The maximum Gasteiger partial charge on any atom is 0.128 e. The van der Waals surface area contributed by atoms with Crippen LogP contribution in [-0.2, 0) is 19.7 Å². The number of imidazole rings is 2. The molecule has 5 aromatic rings. The van der Waals surface area contributed by atoms with Gasteiger partial charge in [0.1, 0.15) is 24.0 Å². The second-order valence-corrected chi connectivity index (χ2v) is 14.5. The number of hydrogen-bond donors (Lipinski definition) is 4. The fourth-order valence-corrected chi connectivity index (χ4v) is 6.32. The van der Waals surface area contributed by atoms with E-state index in [1.807, 2.05) is 60.9 Å². The number of allylic oxidation sites excluding steroid dienone is 2. The van der Waals surface area contributed by atoms with Crippen LogP contribution in [0.15, 0.2) is 139 Å². The Balaban J connectivity index is -0.000000197. The van der Waals surface area contributed by atoms with Crippen molar-refractivity contribution < 1.29 is 4.74 Å². The Morgan fingerprint density at radius 2 is 1.35 bits per heavy atom. The maximum absolute atomic E-state index is 6.36. The van der Waals surface area contributed by atoms with Crippen LogP contribution >= 0.6 is 0 Å². The number of nitrogens with two attached hydrogens (primary N) is 1. The van der Waals surface area contributed by atoms with Crippen LogP contribution in [0.25, 0.3) is 44.2 Å². The van der Waals surface area contributed by atoms with Gasteiger partial charge in [-0.3, -0.25) is 4.90 Å². The van der Waals surface area contributed by atoms with Gasteiger partial charge in [0, 0.05) is 36.3 Å². The topological polar surface area (TPSA) is 111 Å². The van der Waals surface area contributed by atoms with E-state index >= 15 is 0 Å². The van der Waals surface area contributed by atoms with E-state index in [1.165, 1.54) is 41.3 Å². The summed E-state index contributed by atoms with van der Waals surface area (Å²) in [7, 11) is 3.97. The third kappa shape index (κ3) is 33.5. The second-order valence-electron chi connectivity index (χ2n) is 14.5. The van der Waals surface area contributed by atoms with E-state index in [0.29, 0.717) is 12.6 Å². The van der Waals surface area contributed by atoms with Gasteiger partial charge in [0.25, 0.3) is 0 Å². The first-order valence-corrected chi connectivity index (χ1v) is 26.3. The Hall–Kier alpha value is -6.94. The summed E-state index contributed by atoms with van der Waals surface area (Å²) < 4.78 is 6.36. The predicted molar refractivity (Wildman–Crippen MR) is 346 cm³/mol. The van der Waals surface area contributed by atoms with Crippen molar-refractivity contribution in [2.45, 2.75) is 168 Å². The molecule has 6 rings (SSSR count). The van der Waals surface area contributed by atoms with Crippen LogP contribution in [0.2, 0.25) is 0 Å². The van der Waals surface area contributed by atoms with Crippen molar-refractivity contribution in [1.82, 2.24) is 35.1 Å². The monoisotopic (exact) mass is 1030 g/mol. The van der Waals surface area contributed by atoms with Gasteiger partial charge >= 0.3 is 0 Å². The zero-order valence-corrected chi connectivity index (χ0v) is 49.9. The first kappa shape index (κ1) is 84.8. The Labute approximate surface area is 463 Å². The normalized spacial score (nSPS) is 9.23. The van der Waals surface area contributed by atoms with Gasteiger partial charge in [-0.1, -0.05) is 154 Å². The van der Waals surface area contributed by atoms with E-state index in [0.717, 1.165) is 102 Å². The highest BCUT2D eigenvalue weighted by Gasteiger charge is 2.21. The van der Waals surface area contributed by atoms with E-state index in [4.69, 9.17) is 14.7 Å². The van der Waals surface area contributed by atoms with E-state index in [2.05, 4.69) is 220 Å². The van der Waals surface area contributed by atoms with Gasteiger partial charge in [0.05, 0.1) is 36.0 Å². The molecule has 0 saturated heterocycles. The standard InChI is InChI=1S/C36H44N6O.C5H10.C3H7N.C3H8.C2H5N.3C2H6.3C2H4.2C2H2.CH4/c1-7-10-24(5)42(15-8-2)21-34-37-19-32(39-34)26-11-13-28-27(16-26)22-43-33-18-29-25(17-30(28)33)12-14-31-36(29)40-35(38-31)20-41(6)23(4)9-3;1-3-5-4-2;1-3-4-2;1-3-2;1-2-3;8*1-2;/h11-14,16-19,23H,5,7-10,15,20-22H2,1-4,6H3,(H,37,39)(H,38,40);3H,1,4-5H2,2H3;3-4H,1H2,2H3;3H2,1-2H3;2H,1,3H2;3*1-2H3;3*1-2H2;2*1-2H;1H4/t23-;;;;;;;;;;;;;/m0............./s1. The highest BCUT2D eigenvalue weighted by molar-refractivity contribution is 6.07. The summed E-state index contributed by atoms with van der Waals surface area (Å²) in [5.74, 6) is 2.87. The van der Waals surface area contributed by atoms with Crippen LogP contribution in [0.1, 0.15) is 160 Å². The summed E-state index contributed by atoms with van der Waals surface area (Å²) in [5, 5.41) is 4.98. The van der Waals surface area contributed by atoms with Gasteiger partial charge in [0.2, 0.25) is 0 Å². The largest absolute Gasteiger partial charge is 0.488 e. The van der Waals surface area contributed by atoms with Gasteiger partial charge < -0.3 is 30.7 Å². The van der Waals surface area contributed by atoms with Crippen molar-refractivity contribution in [1.29, 1.82) is 0 Å². The van der Waals surface area contributed by atoms with Crippen molar-refractivity contribution in [3.8, 4) is 53.8 Å². The summed E-state index contributed by atoms with van der Waals surface area (Å²) in [6, 6.07) is 15.9. The number of nitrogens with zero attached hydrogens (tertiary/aromatic N) is 4. The van der Waals surface area contributed by atoms with Gasteiger partial charge in [-0.15, -0.1) is 71.7 Å². The van der Waals surface area contributed by atoms with Crippen LogP contribution in [0.3, 0.4) is 0 Å². The smallest absolute Gasteiger partial charge is 0.128 e. The number of nitrogens with one attached hydrogen (secondary N) is 3. The first-order valence-electron chi connectivity index (χ1n) is 26.3. The fourth-order valence-electron chi connectivity index (χ4n) is 6.32. The molecule has 0 unspecified atom stereocenters. The molecular weight excluding hydrogens is 921 g/mol. The molecule has 9 heteroatoms. The molecule has 3 heterocycles. The molecule has 1 aliphatic heterocycles. The van der Waals surface area contributed by atoms with Gasteiger partial charge in [-0.2, -0.15) is 0 Å². The quantitative estimate of drug-likeness (QED) is 0.0610. The number of ether oxygens (including phenoxy) is 1. The number of benzene rings is 3. The summed E-state index contributed by atoms with van der Waals surface area (Å²) in [5.41, 5.74) is 13.5. The van der Waals surface area contributed by atoms with Crippen LogP contribution in [0.5, 0.6) is 5.75 Å². The highest BCUT2D eigenvalue weighted by atomic mass is 16.5. The van der Waals surface area contributed by atoms with Crippen molar-refractivity contribution in [2.75, 3.05) is 20.6 Å². The van der Waals surface area contributed by atoms with Crippen LogP contribution in [0, 0.1) is 25.7 Å². The van der Waals surface area contributed by atoms with E-state index in [-0.39, 0.29) is 7.43 Å². The number of fused-ring (bicyclic) bond motifs is 6. The van der Waals surface area contributed by atoms with E-state index in [1.54, 1.807) is 6.20 Å². The molecule has 1 aliphatic rings. The molecule has 2 aromatic heterocycles. The zero-order valence-electron chi connectivity index (χ0n) is 49.9. The predicted octanol–water partition coefficient (Wildman–Crippen LogP) is 18.9. The SMILES string of the molecule is C.C#C.C#C.C=C.C=C.C=C.C=C(CCC)N(CCC)Cc1ncc(-c2ccc3c(c2)COc2cc4c(ccc5[nH]c(CN(C)[C@@H](C)CC)nc54)cc2-3)[nH]1.C=CCCC.C=CN.C=CNC.CC.CC.CC.CCC. The Kier molecular flexibility index (Phi) is 69.4. The molecule has 0 fully saturated rings. The number of unbranched alkanes of at least 4 members (excludes halogenated alkanes) is 1. The third-order valence-electron chi connectivity index (χ3n) is 9.59. The van der Waals surface area contributed by atoms with Crippen LogP contribution in [-0.4, -0.2) is 56.4 Å². The number of aromatic nitrogens is 4. The van der Waals surface area contributed by atoms with Crippen LogP contribution in [0.4, 0.5) is 0 Å². The average molecular weight is 1030 g/mol. The lowest BCUT2D eigenvalue weighted by molar-refractivity contribution is 0.239. The molecule has 0 aliphatic carbocycles. The summed E-state index contributed by atoms with van der Waals surface area (Å²) in [6.45, 7) is 62.7. The first-order chi connectivity index (χ1) is 36.0. The summed E-state index contributed by atoms with van der Waals surface area (Å²) in [4.78, 5) is 21.5. The zero-order chi connectivity index (χ0) is 59.0. The van der Waals surface area contributed by atoms with Gasteiger partial charge in [0.15, 0.2) is 0 Å². The second kappa shape index (κ2) is 61.4. The molecule has 5 N–H and O–H groups in total. The minimum Gasteiger partial charge on any atom is -0.488 e. The van der Waals surface area contributed by atoms with Crippen molar-refractivity contribution in [3.63, 3.8) is 0 Å². The molecule has 0 bridgehead atoms. The number of H-pyrrole nitrogens is 2. The number of hydrogen-bond acceptors (Lipinski definition) is 7. The molecule has 9 nitrogen and oxygen atoms in total. The molecule has 422 valence electrons. The van der Waals surface area contributed by atoms with Crippen molar-refractivity contribution in [3.05, 3.63) is 156 Å². The molecule has 0 saturated carbocycles.